The van der Waals surface area contributed by atoms with Crippen molar-refractivity contribution in [3.8, 4) is 5.88 Å². The van der Waals surface area contributed by atoms with Crippen LogP contribution in [0.1, 0.15) is 11.3 Å². The van der Waals surface area contributed by atoms with E-state index in [0.29, 0.717) is 11.1 Å². The molecule has 0 aliphatic carbocycles. The van der Waals surface area contributed by atoms with E-state index >= 15 is 0 Å². The third-order valence-electron chi connectivity index (χ3n) is 4.43. The lowest BCUT2D eigenvalue weighted by Gasteiger charge is -2.06. The van der Waals surface area contributed by atoms with Crippen molar-refractivity contribution in [3.63, 3.8) is 0 Å². The minimum atomic E-state index is -0.358. The Balaban J connectivity index is 1.41. The van der Waals surface area contributed by atoms with Gasteiger partial charge in [-0.05, 0) is 54.6 Å². The highest BCUT2D eigenvalue weighted by Crippen LogP contribution is 2.27. The lowest BCUT2D eigenvalue weighted by Crippen LogP contribution is -2.05. The van der Waals surface area contributed by atoms with E-state index in [0.717, 1.165) is 35.4 Å². The Labute approximate surface area is 161 Å². The van der Waals surface area contributed by atoms with E-state index in [1.807, 2.05) is 42.5 Å². The number of nitrogens with zero attached hydrogens (tertiary/aromatic N) is 2. The summed E-state index contributed by atoms with van der Waals surface area (Å²) in [4.78, 5) is 11.5. The maximum Gasteiger partial charge on any atom is 0.198 e. The second-order valence-corrected chi connectivity index (χ2v) is 6.38. The van der Waals surface area contributed by atoms with Crippen molar-refractivity contribution in [1.82, 2.24) is 9.97 Å². The minimum Gasteiger partial charge on any atom is -0.494 e. The number of nitrogens with one attached hydrogen (secondary N) is 2. The van der Waals surface area contributed by atoms with Crippen LogP contribution >= 0.6 is 0 Å². The molecule has 0 saturated carbocycles. The van der Waals surface area contributed by atoms with Crippen molar-refractivity contribution in [3.05, 3.63) is 83.9 Å². The minimum absolute atomic E-state index is 0.0304. The van der Waals surface area contributed by atoms with Gasteiger partial charge in [0, 0.05) is 42.1 Å². The smallest absolute Gasteiger partial charge is 0.198 e. The summed E-state index contributed by atoms with van der Waals surface area (Å²) in [6.07, 6.45) is 4.22. The van der Waals surface area contributed by atoms with Gasteiger partial charge in [-0.3, -0.25) is 9.98 Å². The van der Waals surface area contributed by atoms with Gasteiger partial charge in [-0.1, -0.05) is 6.07 Å². The van der Waals surface area contributed by atoms with Crippen LogP contribution in [0.3, 0.4) is 0 Å². The van der Waals surface area contributed by atoms with Crippen molar-refractivity contribution >= 4 is 28.5 Å². The van der Waals surface area contributed by atoms with Gasteiger partial charge in [-0.15, -0.1) is 0 Å². The second-order valence-electron chi connectivity index (χ2n) is 6.38. The highest BCUT2D eigenvalue weighted by molar-refractivity contribution is 6.02. The maximum absolute atomic E-state index is 13.3. The Bertz CT molecular complexity index is 1100. The zero-order chi connectivity index (χ0) is 19.3. The van der Waals surface area contributed by atoms with E-state index in [1.165, 1.54) is 12.1 Å². The molecule has 0 aliphatic heterocycles. The molecule has 4 aromatic rings. The number of aromatic amines is 1. The Morgan fingerprint density at radius 3 is 2.75 bits per heavy atom. The molecule has 5 nitrogen and oxygen atoms in total. The van der Waals surface area contributed by atoms with Crippen LogP contribution in [0.25, 0.3) is 10.9 Å². The Hall–Kier alpha value is -3.67. The molecular weight excluding hydrogens is 355 g/mol. The molecule has 0 aliphatic rings. The standard InChI is InChI=1S/C22H19FN4O/c23-15-4-9-19-20(22(28)27-21(19)13-15)14-26-18-7-5-17(6-8-18)25-12-10-16-3-1-2-11-24-16/h1-9,11,13-14,25,27-28H,10,12H2. The molecule has 4 rings (SSSR count). The molecule has 2 aromatic heterocycles. The number of aromatic hydroxyl groups is 1. The number of benzene rings is 2. The van der Waals surface area contributed by atoms with E-state index in [2.05, 4.69) is 20.3 Å². The molecule has 2 aromatic carbocycles. The molecule has 0 spiro atoms. The zero-order valence-corrected chi connectivity index (χ0v) is 15.1. The molecule has 28 heavy (non-hydrogen) atoms. The van der Waals surface area contributed by atoms with Gasteiger partial charge in [0.15, 0.2) is 5.88 Å². The Morgan fingerprint density at radius 1 is 1.11 bits per heavy atom. The van der Waals surface area contributed by atoms with Crippen LogP contribution in [0.2, 0.25) is 0 Å². The van der Waals surface area contributed by atoms with E-state index in [-0.39, 0.29) is 11.7 Å². The molecule has 0 saturated heterocycles. The van der Waals surface area contributed by atoms with Gasteiger partial charge in [0.1, 0.15) is 5.82 Å². The number of fused-ring (bicyclic) bond motifs is 1. The average Bonchev–Trinajstić information content (AvgIpc) is 3.02. The molecule has 3 N–H and O–H groups in total. The first-order valence-corrected chi connectivity index (χ1v) is 8.97. The fraction of sp³-hybridized carbons (Fsp3) is 0.0909. The number of H-pyrrole nitrogens is 1. The molecule has 2 heterocycles. The first kappa shape index (κ1) is 17.7. The molecule has 0 fully saturated rings. The number of hydrogen-bond donors (Lipinski definition) is 3. The van der Waals surface area contributed by atoms with E-state index in [4.69, 9.17) is 0 Å². The highest BCUT2D eigenvalue weighted by atomic mass is 19.1. The van der Waals surface area contributed by atoms with Crippen LogP contribution < -0.4 is 5.32 Å². The fourth-order valence-corrected chi connectivity index (χ4v) is 2.99. The predicted molar refractivity (Wildman–Crippen MR) is 110 cm³/mol. The van der Waals surface area contributed by atoms with Gasteiger partial charge in [-0.25, -0.2) is 4.39 Å². The molecule has 0 atom stereocenters. The normalized spacial score (nSPS) is 11.3. The molecular formula is C22H19FN4O. The lowest BCUT2D eigenvalue weighted by atomic mass is 10.2. The molecule has 0 unspecified atom stereocenters. The Kier molecular flexibility index (Phi) is 5.01. The number of pyridine rings is 1. The number of aromatic nitrogens is 2. The van der Waals surface area contributed by atoms with Gasteiger partial charge in [-0.2, -0.15) is 0 Å². The van der Waals surface area contributed by atoms with E-state index in [1.54, 1.807) is 18.5 Å². The summed E-state index contributed by atoms with van der Waals surface area (Å²) < 4.78 is 13.3. The van der Waals surface area contributed by atoms with E-state index < -0.39 is 0 Å². The van der Waals surface area contributed by atoms with Gasteiger partial charge in [0.25, 0.3) is 0 Å². The first-order valence-electron chi connectivity index (χ1n) is 8.97. The number of halogens is 1. The SMILES string of the molecule is Oc1[nH]c2cc(F)ccc2c1C=Nc1ccc(NCCc2ccccn2)cc1. The summed E-state index contributed by atoms with van der Waals surface area (Å²) in [5.74, 6) is -0.388. The quantitative estimate of drug-likeness (QED) is 0.424. The summed E-state index contributed by atoms with van der Waals surface area (Å²) in [6, 6.07) is 17.9. The summed E-state index contributed by atoms with van der Waals surface area (Å²) in [5, 5.41) is 14.1. The molecule has 0 bridgehead atoms. The summed E-state index contributed by atoms with van der Waals surface area (Å²) in [6.45, 7) is 0.791. The highest BCUT2D eigenvalue weighted by Gasteiger charge is 2.09. The van der Waals surface area contributed by atoms with Gasteiger partial charge >= 0.3 is 0 Å². The monoisotopic (exact) mass is 374 g/mol. The topological polar surface area (TPSA) is 73.3 Å². The number of rotatable bonds is 6. The predicted octanol–water partition coefficient (Wildman–Crippen LogP) is 4.81. The number of aliphatic imine (C=N–C) groups is 1. The molecule has 0 radical (unpaired) electrons. The van der Waals surface area contributed by atoms with Crippen LogP contribution in [0.5, 0.6) is 5.88 Å². The van der Waals surface area contributed by atoms with Crippen LogP contribution in [-0.4, -0.2) is 27.8 Å². The third-order valence-corrected chi connectivity index (χ3v) is 4.43. The van der Waals surface area contributed by atoms with Crippen molar-refractivity contribution in [2.45, 2.75) is 6.42 Å². The van der Waals surface area contributed by atoms with Crippen LogP contribution in [0, 0.1) is 5.82 Å². The summed E-state index contributed by atoms with van der Waals surface area (Å²) in [5.41, 5.74) is 3.88. The van der Waals surface area contributed by atoms with E-state index in [9.17, 15) is 9.50 Å². The number of hydrogen-bond acceptors (Lipinski definition) is 4. The Morgan fingerprint density at radius 2 is 1.96 bits per heavy atom. The van der Waals surface area contributed by atoms with Gasteiger partial charge < -0.3 is 15.4 Å². The summed E-state index contributed by atoms with van der Waals surface area (Å²) in [7, 11) is 0. The summed E-state index contributed by atoms with van der Waals surface area (Å²) >= 11 is 0. The fourth-order valence-electron chi connectivity index (χ4n) is 2.99. The van der Waals surface area contributed by atoms with Crippen LogP contribution in [0.4, 0.5) is 15.8 Å². The molecule has 0 amide bonds. The third kappa shape index (κ3) is 4.01. The zero-order valence-electron chi connectivity index (χ0n) is 15.1. The van der Waals surface area contributed by atoms with Crippen molar-refractivity contribution < 1.29 is 9.50 Å². The second kappa shape index (κ2) is 7.92. The van der Waals surface area contributed by atoms with Crippen LogP contribution in [0.15, 0.2) is 71.9 Å². The van der Waals surface area contributed by atoms with Crippen LogP contribution in [-0.2, 0) is 6.42 Å². The van der Waals surface area contributed by atoms with Gasteiger partial charge in [0.2, 0.25) is 0 Å². The largest absolute Gasteiger partial charge is 0.494 e. The van der Waals surface area contributed by atoms with Gasteiger partial charge in [0.05, 0.1) is 16.8 Å². The molecule has 140 valence electrons. The average molecular weight is 374 g/mol. The van der Waals surface area contributed by atoms with Crippen molar-refractivity contribution in [2.75, 3.05) is 11.9 Å². The van der Waals surface area contributed by atoms with Crippen molar-refractivity contribution in [2.24, 2.45) is 4.99 Å². The van der Waals surface area contributed by atoms with Crippen molar-refractivity contribution in [1.29, 1.82) is 0 Å². The first-order chi connectivity index (χ1) is 13.7. The molecule has 6 heteroatoms. The number of anilines is 1. The maximum atomic E-state index is 13.3. The lowest BCUT2D eigenvalue weighted by molar-refractivity contribution is 0.457.